The minimum Gasteiger partial charge on any atom is -0.391 e. The van der Waals surface area contributed by atoms with Crippen molar-refractivity contribution in [2.24, 2.45) is 5.41 Å². The van der Waals surface area contributed by atoms with Gasteiger partial charge in [0.05, 0.1) is 11.5 Å². The lowest BCUT2D eigenvalue weighted by molar-refractivity contribution is 0.216. The van der Waals surface area contributed by atoms with E-state index in [9.17, 15) is 8.42 Å². The Bertz CT molecular complexity index is 500. The minimum atomic E-state index is -3.48. The number of aliphatic hydroxyl groups excluding tert-OH is 1. The highest BCUT2D eigenvalue weighted by Crippen LogP contribution is 2.29. The second-order valence-corrected chi connectivity index (χ2v) is 8.46. The molecule has 0 amide bonds. The number of rotatable bonds is 4. The molecule has 0 fully saturated rings. The number of hydrogen-bond donors (Lipinski definition) is 1. The summed E-state index contributed by atoms with van der Waals surface area (Å²) in [6.45, 7) is 7.80. The SMILES string of the molecule is CC(N(C)S(=O)(=O)c1csc(CO)c1)C(C)(C)C. The summed E-state index contributed by atoms with van der Waals surface area (Å²) in [5.74, 6) is 0. The molecule has 0 aromatic carbocycles. The molecule has 0 bridgehead atoms. The Morgan fingerprint density at radius 2 is 2.00 bits per heavy atom. The van der Waals surface area contributed by atoms with E-state index in [1.807, 2.05) is 27.7 Å². The largest absolute Gasteiger partial charge is 0.391 e. The van der Waals surface area contributed by atoms with Crippen LogP contribution in [0.3, 0.4) is 0 Å². The van der Waals surface area contributed by atoms with Gasteiger partial charge in [0.1, 0.15) is 0 Å². The Morgan fingerprint density at radius 3 is 2.39 bits per heavy atom. The number of sulfonamides is 1. The van der Waals surface area contributed by atoms with Crippen LogP contribution in [0.25, 0.3) is 0 Å². The predicted octanol–water partition coefficient (Wildman–Crippen LogP) is 2.30. The number of aliphatic hydroxyl groups is 1. The third-order valence-corrected chi connectivity index (χ3v) is 6.24. The van der Waals surface area contributed by atoms with E-state index in [4.69, 9.17) is 5.11 Å². The van der Waals surface area contributed by atoms with Crippen LogP contribution in [-0.2, 0) is 16.6 Å². The molecule has 1 heterocycles. The van der Waals surface area contributed by atoms with Crippen LogP contribution < -0.4 is 0 Å². The predicted molar refractivity (Wildman–Crippen MR) is 74.1 cm³/mol. The summed E-state index contributed by atoms with van der Waals surface area (Å²) in [5, 5.41) is 10.6. The van der Waals surface area contributed by atoms with Gasteiger partial charge in [-0.15, -0.1) is 11.3 Å². The van der Waals surface area contributed by atoms with Gasteiger partial charge in [0.25, 0.3) is 0 Å². The van der Waals surface area contributed by atoms with Crippen molar-refractivity contribution in [2.75, 3.05) is 7.05 Å². The van der Waals surface area contributed by atoms with Crippen molar-refractivity contribution in [1.29, 1.82) is 0 Å². The molecular formula is C12H21NO3S2. The molecule has 1 rings (SSSR count). The zero-order valence-electron chi connectivity index (χ0n) is 11.5. The molecule has 1 aromatic rings. The van der Waals surface area contributed by atoms with Crippen molar-refractivity contribution in [2.45, 2.75) is 45.2 Å². The maximum atomic E-state index is 12.4. The summed E-state index contributed by atoms with van der Waals surface area (Å²) < 4.78 is 26.2. The molecule has 0 saturated carbocycles. The van der Waals surface area contributed by atoms with Crippen LogP contribution in [0.5, 0.6) is 0 Å². The second-order valence-electron chi connectivity index (χ2n) is 5.47. The first kappa shape index (κ1) is 15.6. The standard InChI is InChI=1S/C12H21NO3S2/c1-9(12(2,3)4)13(5)18(15,16)11-6-10(7-14)17-8-11/h6,8-9,14H,7H2,1-5H3. The third kappa shape index (κ3) is 3.12. The van der Waals surface area contributed by atoms with E-state index in [0.717, 1.165) is 0 Å². The van der Waals surface area contributed by atoms with Crippen LogP contribution in [0, 0.1) is 5.41 Å². The summed E-state index contributed by atoms with van der Waals surface area (Å²) in [6, 6.07) is 1.42. The summed E-state index contributed by atoms with van der Waals surface area (Å²) in [6.07, 6.45) is 0. The Morgan fingerprint density at radius 1 is 1.44 bits per heavy atom. The first-order chi connectivity index (χ1) is 8.10. The van der Waals surface area contributed by atoms with Gasteiger partial charge >= 0.3 is 0 Å². The zero-order valence-corrected chi connectivity index (χ0v) is 13.1. The van der Waals surface area contributed by atoms with Crippen LogP contribution in [0.15, 0.2) is 16.3 Å². The molecular weight excluding hydrogens is 270 g/mol. The average Bonchev–Trinajstić information content (AvgIpc) is 2.74. The van der Waals surface area contributed by atoms with Gasteiger partial charge in [-0.3, -0.25) is 0 Å². The van der Waals surface area contributed by atoms with E-state index in [1.165, 1.54) is 21.7 Å². The van der Waals surface area contributed by atoms with Crippen LogP contribution >= 0.6 is 11.3 Å². The Balaban J connectivity index is 3.07. The fourth-order valence-electron chi connectivity index (χ4n) is 1.50. The van der Waals surface area contributed by atoms with Crippen molar-refractivity contribution in [3.05, 3.63) is 16.3 Å². The molecule has 6 heteroatoms. The summed E-state index contributed by atoms with van der Waals surface area (Å²) in [5.41, 5.74) is -0.127. The lowest BCUT2D eigenvalue weighted by Gasteiger charge is -2.34. The molecule has 0 aliphatic heterocycles. The maximum Gasteiger partial charge on any atom is 0.243 e. The molecule has 0 spiro atoms. The number of nitrogens with zero attached hydrogens (tertiary/aromatic N) is 1. The smallest absolute Gasteiger partial charge is 0.243 e. The van der Waals surface area contributed by atoms with Crippen molar-refractivity contribution < 1.29 is 13.5 Å². The molecule has 1 N–H and O–H groups in total. The summed E-state index contributed by atoms with van der Waals surface area (Å²) in [4.78, 5) is 0.917. The van der Waals surface area contributed by atoms with E-state index in [1.54, 1.807) is 12.4 Å². The zero-order chi connectivity index (χ0) is 14.1. The van der Waals surface area contributed by atoms with E-state index in [2.05, 4.69) is 0 Å². The first-order valence-corrected chi connectivity index (χ1v) is 8.09. The van der Waals surface area contributed by atoms with E-state index in [-0.39, 0.29) is 23.0 Å². The van der Waals surface area contributed by atoms with Gasteiger partial charge < -0.3 is 5.11 Å². The normalized spacial score (nSPS) is 15.1. The number of hydrogen-bond acceptors (Lipinski definition) is 4. The van der Waals surface area contributed by atoms with Crippen molar-refractivity contribution >= 4 is 21.4 Å². The second kappa shape index (κ2) is 5.28. The highest BCUT2D eigenvalue weighted by atomic mass is 32.2. The van der Waals surface area contributed by atoms with Gasteiger partial charge in [0.15, 0.2) is 0 Å². The van der Waals surface area contributed by atoms with E-state index in [0.29, 0.717) is 4.88 Å². The molecule has 1 atom stereocenters. The van der Waals surface area contributed by atoms with Crippen molar-refractivity contribution in [1.82, 2.24) is 4.31 Å². The molecule has 104 valence electrons. The molecule has 1 unspecified atom stereocenters. The van der Waals surface area contributed by atoms with E-state index < -0.39 is 10.0 Å². The lowest BCUT2D eigenvalue weighted by atomic mass is 9.88. The van der Waals surface area contributed by atoms with Crippen LogP contribution in [0.4, 0.5) is 0 Å². The number of thiophene rings is 1. The summed E-state index contributed by atoms with van der Waals surface area (Å²) >= 11 is 1.26. The monoisotopic (exact) mass is 291 g/mol. The van der Waals surface area contributed by atoms with Gasteiger partial charge in [-0.2, -0.15) is 4.31 Å². The van der Waals surface area contributed by atoms with Gasteiger partial charge in [-0.25, -0.2) is 8.42 Å². The van der Waals surface area contributed by atoms with Gasteiger partial charge in [-0.1, -0.05) is 20.8 Å². The topological polar surface area (TPSA) is 57.6 Å². The third-order valence-electron chi connectivity index (χ3n) is 3.26. The molecule has 0 saturated heterocycles. The van der Waals surface area contributed by atoms with Gasteiger partial charge in [-0.05, 0) is 18.4 Å². The lowest BCUT2D eigenvalue weighted by Crippen LogP contribution is -2.42. The maximum absolute atomic E-state index is 12.4. The highest BCUT2D eigenvalue weighted by Gasteiger charge is 2.32. The highest BCUT2D eigenvalue weighted by molar-refractivity contribution is 7.89. The Labute approximate surface area is 113 Å². The summed E-state index contributed by atoms with van der Waals surface area (Å²) in [7, 11) is -1.88. The molecule has 4 nitrogen and oxygen atoms in total. The fourth-order valence-corrected chi connectivity index (χ4v) is 4.17. The van der Waals surface area contributed by atoms with Crippen LogP contribution in [0.1, 0.15) is 32.6 Å². The fraction of sp³-hybridized carbons (Fsp3) is 0.667. The molecule has 18 heavy (non-hydrogen) atoms. The van der Waals surface area contributed by atoms with Crippen molar-refractivity contribution in [3.63, 3.8) is 0 Å². The van der Waals surface area contributed by atoms with Gasteiger partial charge in [0, 0.05) is 23.3 Å². The van der Waals surface area contributed by atoms with Crippen molar-refractivity contribution in [3.8, 4) is 0 Å². The quantitative estimate of drug-likeness (QED) is 0.926. The average molecular weight is 291 g/mol. The Kier molecular flexibility index (Phi) is 4.59. The van der Waals surface area contributed by atoms with E-state index >= 15 is 0 Å². The molecule has 1 aromatic heterocycles. The van der Waals surface area contributed by atoms with Crippen LogP contribution in [-0.4, -0.2) is 30.9 Å². The van der Waals surface area contributed by atoms with Gasteiger partial charge in [0.2, 0.25) is 10.0 Å². The first-order valence-electron chi connectivity index (χ1n) is 5.77. The molecule has 0 aliphatic rings. The Hall–Kier alpha value is -0.430. The molecule has 0 aliphatic carbocycles. The molecule has 0 radical (unpaired) electrons. The minimum absolute atomic E-state index is 0.111. The van der Waals surface area contributed by atoms with Crippen LogP contribution in [0.2, 0.25) is 0 Å².